The molecule has 0 unspecified atom stereocenters. The molecule has 0 aromatic carbocycles. The van der Waals surface area contributed by atoms with E-state index in [9.17, 15) is 4.79 Å². The Hall–Kier alpha value is -1.00. The van der Waals surface area contributed by atoms with Crippen molar-refractivity contribution in [2.24, 2.45) is 0 Å². The largest absolute Gasteiger partial charge is 0.379 e. The van der Waals surface area contributed by atoms with E-state index in [0.717, 1.165) is 16.5 Å². The van der Waals surface area contributed by atoms with Gasteiger partial charge in [-0.3, -0.25) is 4.79 Å². The topological polar surface area (TPSA) is 73.3 Å². The number of nitrogens with zero attached hydrogens (tertiary/aromatic N) is 2. The summed E-state index contributed by atoms with van der Waals surface area (Å²) >= 11 is 4.55. The van der Waals surface area contributed by atoms with E-state index in [0.29, 0.717) is 25.5 Å². The fourth-order valence-corrected chi connectivity index (χ4v) is 4.03. The van der Waals surface area contributed by atoms with E-state index < -0.39 is 0 Å². The molecule has 0 radical (unpaired) electrons. The SMILES string of the molecule is CSc1nc(C(=O)N[C@@H]2CCOC[C@H]2OCc2cscn2)cs1. The third kappa shape index (κ3) is 4.51. The van der Waals surface area contributed by atoms with Crippen LogP contribution in [0.2, 0.25) is 0 Å². The van der Waals surface area contributed by atoms with Crippen molar-refractivity contribution in [2.45, 2.75) is 29.5 Å². The molecule has 0 spiro atoms. The molecule has 1 aliphatic heterocycles. The van der Waals surface area contributed by atoms with Crippen LogP contribution in [0.5, 0.6) is 0 Å². The van der Waals surface area contributed by atoms with Crippen LogP contribution in [0.15, 0.2) is 20.6 Å². The van der Waals surface area contributed by atoms with E-state index in [2.05, 4.69) is 15.3 Å². The zero-order valence-corrected chi connectivity index (χ0v) is 15.0. The lowest BCUT2D eigenvalue weighted by Crippen LogP contribution is -2.50. The maximum Gasteiger partial charge on any atom is 0.271 e. The second-order valence-corrected chi connectivity index (χ2v) is 7.61. The number of aromatic nitrogens is 2. The molecule has 1 N–H and O–H groups in total. The predicted octanol–water partition coefficient (Wildman–Crippen LogP) is 2.43. The highest BCUT2D eigenvalue weighted by molar-refractivity contribution is 8.00. The number of hydrogen-bond acceptors (Lipinski definition) is 8. The fraction of sp³-hybridized carbons (Fsp3) is 0.500. The number of ether oxygens (including phenoxy) is 2. The summed E-state index contributed by atoms with van der Waals surface area (Å²) in [6.45, 7) is 1.52. The highest BCUT2D eigenvalue weighted by Gasteiger charge is 2.29. The molecule has 23 heavy (non-hydrogen) atoms. The summed E-state index contributed by atoms with van der Waals surface area (Å²) in [5, 5.41) is 6.76. The van der Waals surface area contributed by atoms with Gasteiger partial charge in [-0.25, -0.2) is 9.97 Å². The number of hydrogen-bond donors (Lipinski definition) is 1. The zero-order valence-electron chi connectivity index (χ0n) is 12.6. The number of nitrogens with one attached hydrogen (secondary N) is 1. The van der Waals surface area contributed by atoms with Gasteiger partial charge in [0.15, 0.2) is 0 Å². The van der Waals surface area contributed by atoms with Crippen LogP contribution in [0.25, 0.3) is 0 Å². The normalized spacial score (nSPS) is 21.3. The Labute approximate surface area is 146 Å². The molecular weight excluding hydrogens is 354 g/mol. The number of carbonyl (C=O) groups is 1. The summed E-state index contributed by atoms with van der Waals surface area (Å²) in [5.74, 6) is -0.157. The Morgan fingerprint density at radius 2 is 2.48 bits per heavy atom. The summed E-state index contributed by atoms with van der Waals surface area (Å²) in [6.07, 6.45) is 2.50. The standard InChI is InChI=1S/C14H17N3O3S3/c1-21-14-17-11(7-23-14)13(18)16-10-2-3-19-5-12(10)20-4-9-6-22-8-15-9/h6-8,10,12H,2-5H2,1H3,(H,16,18)/t10-,12-/m1/s1. The average molecular weight is 372 g/mol. The second kappa shape index (κ2) is 8.20. The van der Waals surface area contributed by atoms with Crippen LogP contribution in [-0.4, -0.2) is 47.5 Å². The molecule has 1 fully saturated rings. The second-order valence-electron chi connectivity index (χ2n) is 4.98. The van der Waals surface area contributed by atoms with Gasteiger partial charge < -0.3 is 14.8 Å². The minimum atomic E-state index is -0.173. The van der Waals surface area contributed by atoms with E-state index in [1.165, 1.54) is 34.4 Å². The van der Waals surface area contributed by atoms with E-state index in [1.54, 1.807) is 10.9 Å². The van der Waals surface area contributed by atoms with Crippen molar-refractivity contribution in [1.82, 2.24) is 15.3 Å². The van der Waals surface area contributed by atoms with Gasteiger partial charge in [-0.1, -0.05) is 11.8 Å². The van der Waals surface area contributed by atoms with Crippen LogP contribution in [0.1, 0.15) is 22.6 Å². The first-order chi connectivity index (χ1) is 11.3. The van der Waals surface area contributed by atoms with Gasteiger partial charge >= 0.3 is 0 Å². The molecule has 3 heterocycles. The molecule has 2 aromatic heterocycles. The van der Waals surface area contributed by atoms with Gasteiger partial charge in [-0.15, -0.1) is 22.7 Å². The number of carbonyl (C=O) groups excluding carboxylic acids is 1. The minimum absolute atomic E-state index is 0.0747. The van der Waals surface area contributed by atoms with Gasteiger partial charge in [0.1, 0.15) is 16.1 Å². The lowest BCUT2D eigenvalue weighted by Gasteiger charge is -2.31. The quantitative estimate of drug-likeness (QED) is 0.786. The first kappa shape index (κ1) is 16.8. The average Bonchev–Trinajstić information content (AvgIpc) is 3.25. The molecule has 2 aromatic rings. The molecule has 1 amide bonds. The minimum Gasteiger partial charge on any atom is -0.379 e. The van der Waals surface area contributed by atoms with E-state index in [-0.39, 0.29) is 18.1 Å². The highest BCUT2D eigenvalue weighted by Crippen LogP contribution is 2.20. The van der Waals surface area contributed by atoms with Crippen molar-refractivity contribution in [2.75, 3.05) is 19.5 Å². The van der Waals surface area contributed by atoms with Crippen molar-refractivity contribution in [3.8, 4) is 0 Å². The van der Waals surface area contributed by atoms with E-state index in [4.69, 9.17) is 9.47 Å². The molecule has 0 aliphatic carbocycles. The molecule has 6 nitrogen and oxygen atoms in total. The Bertz CT molecular complexity index is 632. The van der Waals surface area contributed by atoms with E-state index >= 15 is 0 Å². The number of thiazole rings is 2. The van der Waals surface area contributed by atoms with Crippen LogP contribution < -0.4 is 5.32 Å². The highest BCUT2D eigenvalue weighted by atomic mass is 32.2. The Balaban J connectivity index is 1.58. The van der Waals surface area contributed by atoms with Gasteiger partial charge in [0.25, 0.3) is 5.91 Å². The van der Waals surface area contributed by atoms with Crippen LogP contribution >= 0.6 is 34.4 Å². The number of amides is 1. The molecule has 1 aliphatic rings. The molecule has 0 saturated carbocycles. The van der Waals surface area contributed by atoms with Crippen LogP contribution in [0, 0.1) is 0 Å². The molecule has 124 valence electrons. The Kier molecular flexibility index (Phi) is 6.01. The Morgan fingerprint density at radius 3 is 3.22 bits per heavy atom. The van der Waals surface area contributed by atoms with Crippen molar-refractivity contribution in [3.63, 3.8) is 0 Å². The summed E-state index contributed by atoms with van der Waals surface area (Å²) in [5.41, 5.74) is 3.14. The van der Waals surface area contributed by atoms with Crippen molar-refractivity contribution >= 4 is 40.3 Å². The summed E-state index contributed by atoms with van der Waals surface area (Å²) in [6, 6.07) is -0.0747. The first-order valence-corrected chi connectivity index (χ1v) is 10.2. The van der Waals surface area contributed by atoms with Crippen molar-refractivity contribution in [1.29, 1.82) is 0 Å². The van der Waals surface area contributed by atoms with Gasteiger partial charge in [0, 0.05) is 17.4 Å². The Morgan fingerprint density at radius 1 is 1.57 bits per heavy atom. The van der Waals surface area contributed by atoms with Crippen molar-refractivity contribution in [3.05, 3.63) is 27.7 Å². The van der Waals surface area contributed by atoms with Crippen LogP contribution in [-0.2, 0) is 16.1 Å². The molecule has 3 rings (SSSR count). The molecule has 0 bridgehead atoms. The fourth-order valence-electron chi connectivity index (χ4n) is 2.24. The smallest absolute Gasteiger partial charge is 0.271 e. The van der Waals surface area contributed by atoms with Crippen molar-refractivity contribution < 1.29 is 14.3 Å². The lowest BCUT2D eigenvalue weighted by atomic mass is 10.1. The van der Waals surface area contributed by atoms with Gasteiger partial charge in [0.05, 0.1) is 30.5 Å². The number of rotatable bonds is 6. The third-order valence-electron chi connectivity index (χ3n) is 3.44. The molecular formula is C14H17N3O3S3. The predicted molar refractivity (Wildman–Crippen MR) is 91.3 cm³/mol. The van der Waals surface area contributed by atoms with Gasteiger partial charge in [-0.05, 0) is 12.7 Å². The van der Waals surface area contributed by atoms with Gasteiger partial charge in [-0.2, -0.15) is 0 Å². The van der Waals surface area contributed by atoms with Gasteiger partial charge in [0.2, 0.25) is 0 Å². The maximum absolute atomic E-state index is 12.3. The maximum atomic E-state index is 12.3. The monoisotopic (exact) mass is 371 g/mol. The number of thioether (sulfide) groups is 1. The summed E-state index contributed by atoms with van der Waals surface area (Å²) in [4.78, 5) is 20.8. The summed E-state index contributed by atoms with van der Waals surface area (Å²) < 4.78 is 12.3. The molecule has 9 heteroatoms. The third-order valence-corrected chi connectivity index (χ3v) is 5.94. The molecule has 2 atom stereocenters. The zero-order chi connectivity index (χ0) is 16.1. The summed E-state index contributed by atoms with van der Waals surface area (Å²) in [7, 11) is 0. The van der Waals surface area contributed by atoms with Crippen LogP contribution in [0.4, 0.5) is 0 Å². The van der Waals surface area contributed by atoms with E-state index in [1.807, 2.05) is 11.6 Å². The lowest BCUT2D eigenvalue weighted by molar-refractivity contribution is -0.0742. The van der Waals surface area contributed by atoms with Crippen LogP contribution in [0.3, 0.4) is 0 Å². The first-order valence-electron chi connectivity index (χ1n) is 7.13. The molecule has 1 saturated heterocycles.